The van der Waals surface area contributed by atoms with E-state index in [0.717, 1.165) is 26.2 Å². The van der Waals surface area contributed by atoms with Crippen LogP contribution in [0.4, 0.5) is 0 Å². The van der Waals surface area contributed by atoms with Crippen molar-refractivity contribution in [2.45, 2.75) is 32.6 Å². The molecule has 0 atom stereocenters. The van der Waals surface area contributed by atoms with Crippen LogP contribution in [0.25, 0.3) is 0 Å². The molecule has 0 N–H and O–H groups in total. The topological polar surface area (TPSA) is 69.7 Å². The van der Waals surface area contributed by atoms with Gasteiger partial charge in [-0.25, -0.2) is 4.79 Å². The fourth-order valence-corrected chi connectivity index (χ4v) is 1.87. The summed E-state index contributed by atoms with van der Waals surface area (Å²) in [4.78, 5) is 14.2. The number of carbonyl (C=O) groups is 1. The van der Waals surface area contributed by atoms with E-state index in [1.807, 2.05) is 0 Å². The van der Waals surface area contributed by atoms with Gasteiger partial charge >= 0.3 is 16.1 Å². The summed E-state index contributed by atoms with van der Waals surface area (Å²) in [6, 6.07) is 0. The maximum absolute atomic E-state index is 11.0. The van der Waals surface area contributed by atoms with Crippen LogP contribution in [-0.2, 0) is 24.1 Å². The standard InChI is InChI=1S/C8H15ClO5S/c1-8(10)13-14-15(11,12)7-5-3-2-4-6-9/h2-7H2,1H3. The number of rotatable bonds is 8. The highest BCUT2D eigenvalue weighted by atomic mass is 35.5. The van der Waals surface area contributed by atoms with Gasteiger partial charge in [0.05, 0.1) is 5.75 Å². The molecule has 0 aromatic heterocycles. The molecule has 90 valence electrons. The van der Waals surface area contributed by atoms with Crippen molar-refractivity contribution in [2.75, 3.05) is 11.6 Å². The number of unbranched alkanes of at least 4 members (excludes halogenated alkanes) is 3. The molecule has 0 aliphatic rings. The second-order valence-electron chi connectivity index (χ2n) is 3.01. The quantitative estimate of drug-likeness (QED) is 0.286. The Hall–Kier alpha value is -0.330. The number of alkyl halides is 1. The molecule has 0 amide bonds. The van der Waals surface area contributed by atoms with Crippen molar-refractivity contribution in [1.29, 1.82) is 0 Å². The van der Waals surface area contributed by atoms with Crippen molar-refractivity contribution in [3.05, 3.63) is 0 Å². The molecular formula is C8H15ClO5S. The summed E-state index contributed by atoms with van der Waals surface area (Å²) in [6.07, 6.45) is 2.98. The fraction of sp³-hybridized carbons (Fsp3) is 0.875. The molecule has 0 saturated heterocycles. The van der Waals surface area contributed by atoms with Crippen molar-refractivity contribution in [3.8, 4) is 0 Å². The molecule has 0 aliphatic heterocycles. The summed E-state index contributed by atoms with van der Waals surface area (Å²) < 4.78 is 26.1. The lowest BCUT2D eigenvalue weighted by atomic mass is 10.2. The Morgan fingerprint density at radius 3 is 2.33 bits per heavy atom. The van der Waals surface area contributed by atoms with E-state index >= 15 is 0 Å². The van der Waals surface area contributed by atoms with Crippen LogP contribution < -0.4 is 0 Å². The van der Waals surface area contributed by atoms with Gasteiger partial charge < -0.3 is 0 Å². The number of carbonyl (C=O) groups excluding carboxylic acids is 1. The molecule has 0 aromatic rings. The lowest BCUT2D eigenvalue weighted by molar-refractivity contribution is -0.208. The smallest absolute Gasteiger partial charge is 0.282 e. The van der Waals surface area contributed by atoms with Gasteiger partial charge in [-0.05, 0) is 12.8 Å². The molecule has 0 aromatic carbocycles. The van der Waals surface area contributed by atoms with Crippen LogP contribution in [0.15, 0.2) is 0 Å². The van der Waals surface area contributed by atoms with E-state index in [1.54, 1.807) is 0 Å². The molecule has 0 radical (unpaired) electrons. The van der Waals surface area contributed by atoms with E-state index in [0.29, 0.717) is 12.3 Å². The normalized spacial score (nSPS) is 11.3. The van der Waals surface area contributed by atoms with E-state index in [4.69, 9.17) is 11.6 Å². The third-order valence-corrected chi connectivity index (χ3v) is 2.86. The Kier molecular flexibility index (Phi) is 7.72. The average molecular weight is 259 g/mol. The van der Waals surface area contributed by atoms with Crippen LogP contribution in [0.1, 0.15) is 32.6 Å². The minimum absolute atomic E-state index is 0.150. The lowest BCUT2D eigenvalue weighted by Gasteiger charge is -2.02. The average Bonchev–Trinajstić information content (AvgIpc) is 2.15. The first-order valence-corrected chi connectivity index (χ1v) is 6.74. The van der Waals surface area contributed by atoms with Crippen molar-refractivity contribution in [3.63, 3.8) is 0 Å². The third kappa shape index (κ3) is 9.96. The summed E-state index contributed by atoms with van der Waals surface area (Å²) in [5.74, 6) is -0.361. The predicted octanol–water partition coefficient (Wildman–Crippen LogP) is 1.61. The van der Waals surface area contributed by atoms with Crippen molar-refractivity contribution >= 4 is 27.7 Å². The molecule has 0 fully saturated rings. The van der Waals surface area contributed by atoms with Gasteiger partial charge in [-0.2, -0.15) is 8.42 Å². The second kappa shape index (κ2) is 7.90. The molecule has 0 heterocycles. The van der Waals surface area contributed by atoms with Crippen LogP contribution in [-0.4, -0.2) is 26.0 Å². The highest BCUT2D eigenvalue weighted by Crippen LogP contribution is 2.05. The number of hydrogen-bond acceptors (Lipinski definition) is 5. The summed E-state index contributed by atoms with van der Waals surface area (Å²) in [5, 5.41) is 0. The van der Waals surface area contributed by atoms with Crippen molar-refractivity contribution in [2.24, 2.45) is 0 Å². The van der Waals surface area contributed by atoms with Gasteiger partial charge in [0.2, 0.25) is 0 Å². The van der Waals surface area contributed by atoms with Gasteiger partial charge in [-0.1, -0.05) is 17.2 Å². The first-order valence-electron chi connectivity index (χ1n) is 4.63. The molecule has 7 heteroatoms. The van der Waals surface area contributed by atoms with Gasteiger partial charge in [0.15, 0.2) is 0 Å². The molecule has 0 bridgehead atoms. The Labute approximate surface area is 94.7 Å². The van der Waals surface area contributed by atoms with Crippen LogP contribution in [0.2, 0.25) is 0 Å². The zero-order chi connectivity index (χ0) is 11.7. The monoisotopic (exact) mass is 258 g/mol. The Balaban J connectivity index is 3.61. The molecular weight excluding hydrogens is 244 g/mol. The molecule has 0 unspecified atom stereocenters. The van der Waals surface area contributed by atoms with E-state index < -0.39 is 16.1 Å². The van der Waals surface area contributed by atoms with Gasteiger partial charge in [0.1, 0.15) is 0 Å². The van der Waals surface area contributed by atoms with Gasteiger partial charge in [0, 0.05) is 12.8 Å². The summed E-state index contributed by atoms with van der Waals surface area (Å²) in [6.45, 7) is 1.07. The Morgan fingerprint density at radius 2 is 1.80 bits per heavy atom. The molecule has 0 spiro atoms. The van der Waals surface area contributed by atoms with Crippen LogP contribution in [0, 0.1) is 0 Å². The zero-order valence-electron chi connectivity index (χ0n) is 8.57. The molecule has 0 rings (SSSR count). The van der Waals surface area contributed by atoms with Gasteiger partial charge in [0.25, 0.3) is 0 Å². The summed E-state index contributed by atoms with van der Waals surface area (Å²) in [5.41, 5.74) is 0. The fourth-order valence-electron chi connectivity index (χ4n) is 0.861. The van der Waals surface area contributed by atoms with Gasteiger partial charge in [-0.15, -0.1) is 11.6 Å². The molecule has 5 nitrogen and oxygen atoms in total. The summed E-state index contributed by atoms with van der Waals surface area (Å²) in [7, 11) is -3.74. The Morgan fingerprint density at radius 1 is 1.20 bits per heavy atom. The van der Waals surface area contributed by atoms with Crippen molar-refractivity contribution < 1.29 is 22.4 Å². The lowest BCUT2D eigenvalue weighted by Crippen LogP contribution is -2.13. The largest absolute Gasteiger partial charge is 0.340 e. The van der Waals surface area contributed by atoms with Crippen molar-refractivity contribution in [1.82, 2.24) is 0 Å². The van der Waals surface area contributed by atoms with E-state index in [2.05, 4.69) is 9.22 Å². The number of halogens is 1. The van der Waals surface area contributed by atoms with E-state index in [9.17, 15) is 13.2 Å². The second-order valence-corrected chi connectivity index (χ2v) is 5.05. The van der Waals surface area contributed by atoms with Crippen LogP contribution in [0.3, 0.4) is 0 Å². The van der Waals surface area contributed by atoms with Crippen LogP contribution in [0.5, 0.6) is 0 Å². The maximum Gasteiger partial charge on any atom is 0.340 e. The number of hydrogen-bond donors (Lipinski definition) is 0. The first-order chi connectivity index (χ1) is 6.98. The highest BCUT2D eigenvalue weighted by molar-refractivity contribution is 7.86. The van der Waals surface area contributed by atoms with Gasteiger partial charge in [-0.3, -0.25) is 4.89 Å². The van der Waals surface area contributed by atoms with Crippen LogP contribution >= 0.6 is 11.6 Å². The molecule has 0 saturated carbocycles. The minimum atomic E-state index is -3.74. The first kappa shape index (κ1) is 14.7. The molecule has 0 aliphatic carbocycles. The van der Waals surface area contributed by atoms with E-state index in [1.165, 1.54) is 0 Å². The zero-order valence-corrected chi connectivity index (χ0v) is 10.1. The Bertz CT molecular complexity index is 275. The maximum atomic E-state index is 11.0. The minimum Gasteiger partial charge on any atom is -0.282 e. The third-order valence-electron chi connectivity index (χ3n) is 1.53. The summed E-state index contributed by atoms with van der Waals surface area (Å²) >= 11 is 5.45. The highest BCUT2D eigenvalue weighted by Gasteiger charge is 2.13. The van der Waals surface area contributed by atoms with E-state index in [-0.39, 0.29) is 5.75 Å². The molecule has 15 heavy (non-hydrogen) atoms. The SMILES string of the molecule is CC(=O)OOS(=O)(=O)CCCCCCCl. The predicted molar refractivity (Wildman–Crippen MR) is 55.8 cm³/mol.